The van der Waals surface area contributed by atoms with Gasteiger partial charge in [-0.25, -0.2) is 4.39 Å². The van der Waals surface area contributed by atoms with Gasteiger partial charge in [0.25, 0.3) is 0 Å². The van der Waals surface area contributed by atoms with Gasteiger partial charge in [-0.05, 0) is 46.3 Å². The van der Waals surface area contributed by atoms with Crippen LogP contribution in [0.2, 0.25) is 0 Å². The first kappa shape index (κ1) is 13.2. The van der Waals surface area contributed by atoms with E-state index in [-0.39, 0.29) is 11.4 Å². The number of rotatable bonds is 3. The van der Waals surface area contributed by atoms with Crippen LogP contribution in [0.4, 0.5) is 10.1 Å². The second-order valence-electron chi connectivity index (χ2n) is 3.68. The standard InChI is InChI=1S/C12H10BrFN2OS/c13-8-1-2-11(16-6-8)7-18(17)12-4-9(14)3-10(15)5-12/h1-6H,7,15H2. The average Bonchev–Trinajstić information content (AvgIpc) is 2.31. The Morgan fingerprint density at radius 2 is 2.11 bits per heavy atom. The van der Waals surface area contributed by atoms with Crippen molar-refractivity contribution in [3.8, 4) is 0 Å². The first-order valence-corrected chi connectivity index (χ1v) is 7.20. The summed E-state index contributed by atoms with van der Waals surface area (Å²) in [6.07, 6.45) is 1.63. The van der Waals surface area contributed by atoms with E-state index in [1.807, 2.05) is 6.07 Å². The van der Waals surface area contributed by atoms with Gasteiger partial charge in [0.15, 0.2) is 0 Å². The zero-order valence-corrected chi connectivity index (χ0v) is 11.7. The SMILES string of the molecule is Nc1cc(F)cc(S(=O)Cc2ccc(Br)cn2)c1. The van der Waals surface area contributed by atoms with Gasteiger partial charge in [0, 0.05) is 21.3 Å². The second kappa shape index (κ2) is 5.58. The minimum Gasteiger partial charge on any atom is -0.399 e. The van der Waals surface area contributed by atoms with Crippen LogP contribution in [0.15, 0.2) is 45.9 Å². The summed E-state index contributed by atoms with van der Waals surface area (Å²) in [6.45, 7) is 0. The van der Waals surface area contributed by atoms with Crippen LogP contribution >= 0.6 is 15.9 Å². The molecule has 1 atom stereocenters. The summed E-state index contributed by atoms with van der Waals surface area (Å²) in [5.74, 6) is -0.252. The minimum absolute atomic E-state index is 0.232. The van der Waals surface area contributed by atoms with E-state index in [0.29, 0.717) is 10.6 Å². The molecule has 94 valence electrons. The third-order valence-corrected chi connectivity index (χ3v) is 4.01. The van der Waals surface area contributed by atoms with Gasteiger partial charge < -0.3 is 5.73 Å². The Morgan fingerprint density at radius 1 is 1.33 bits per heavy atom. The molecule has 0 aliphatic carbocycles. The largest absolute Gasteiger partial charge is 0.399 e. The van der Waals surface area contributed by atoms with E-state index in [1.165, 1.54) is 18.2 Å². The van der Waals surface area contributed by atoms with Crippen molar-refractivity contribution in [1.29, 1.82) is 0 Å². The lowest BCUT2D eigenvalue weighted by Crippen LogP contribution is -2.00. The molecule has 0 amide bonds. The summed E-state index contributed by atoms with van der Waals surface area (Å²) < 4.78 is 26.0. The highest BCUT2D eigenvalue weighted by Crippen LogP contribution is 2.17. The van der Waals surface area contributed by atoms with E-state index in [9.17, 15) is 8.60 Å². The topological polar surface area (TPSA) is 56.0 Å². The van der Waals surface area contributed by atoms with E-state index in [2.05, 4.69) is 20.9 Å². The zero-order chi connectivity index (χ0) is 13.1. The van der Waals surface area contributed by atoms with Crippen molar-refractivity contribution in [1.82, 2.24) is 4.98 Å². The lowest BCUT2D eigenvalue weighted by atomic mass is 10.3. The number of hydrogen-bond acceptors (Lipinski definition) is 3. The van der Waals surface area contributed by atoms with Crippen LogP contribution in [-0.4, -0.2) is 9.19 Å². The third-order valence-electron chi connectivity index (χ3n) is 2.22. The molecule has 0 saturated carbocycles. The Labute approximate surface area is 115 Å². The molecule has 1 heterocycles. The number of anilines is 1. The molecule has 1 aromatic carbocycles. The maximum atomic E-state index is 13.1. The quantitative estimate of drug-likeness (QED) is 0.881. The van der Waals surface area contributed by atoms with Crippen LogP contribution < -0.4 is 5.73 Å². The first-order chi connectivity index (χ1) is 8.54. The molecule has 2 N–H and O–H groups in total. The monoisotopic (exact) mass is 328 g/mol. The average molecular weight is 329 g/mol. The highest BCUT2D eigenvalue weighted by molar-refractivity contribution is 9.10. The van der Waals surface area contributed by atoms with Gasteiger partial charge in [0.2, 0.25) is 0 Å². The van der Waals surface area contributed by atoms with Crippen molar-refractivity contribution in [2.75, 3.05) is 5.73 Å². The van der Waals surface area contributed by atoms with Crippen LogP contribution in [-0.2, 0) is 16.6 Å². The predicted octanol–water partition coefficient (Wildman–Crippen LogP) is 2.87. The molecule has 0 aliphatic rings. The first-order valence-electron chi connectivity index (χ1n) is 5.09. The van der Waals surface area contributed by atoms with Gasteiger partial charge in [0.1, 0.15) is 5.82 Å². The van der Waals surface area contributed by atoms with Crippen molar-refractivity contribution in [3.05, 3.63) is 52.5 Å². The second-order valence-corrected chi connectivity index (χ2v) is 6.04. The number of aromatic nitrogens is 1. The molecule has 6 heteroatoms. The summed E-state index contributed by atoms with van der Waals surface area (Å²) in [7, 11) is -1.36. The molecule has 18 heavy (non-hydrogen) atoms. The molecule has 0 saturated heterocycles. The zero-order valence-electron chi connectivity index (χ0n) is 9.27. The summed E-state index contributed by atoms with van der Waals surface area (Å²) in [6, 6.07) is 7.52. The fourth-order valence-electron chi connectivity index (χ4n) is 1.43. The van der Waals surface area contributed by atoms with E-state index < -0.39 is 16.6 Å². The maximum Gasteiger partial charge on any atom is 0.126 e. The Bertz CT molecular complexity index is 569. The number of nitrogens with zero attached hydrogens (tertiary/aromatic N) is 1. The van der Waals surface area contributed by atoms with Gasteiger partial charge in [-0.1, -0.05) is 0 Å². The molecule has 3 nitrogen and oxygen atoms in total. The van der Waals surface area contributed by atoms with Crippen molar-refractivity contribution >= 4 is 32.4 Å². The van der Waals surface area contributed by atoms with Gasteiger partial charge in [-0.3, -0.25) is 9.19 Å². The lowest BCUT2D eigenvalue weighted by molar-refractivity contribution is 0.623. The number of hydrogen-bond donors (Lipinski definition) is 1. The van der Waals surface area contributed by atoms with Gasteiger partial charge in [-0.15, -0.1) is 0 Å². The molecule has 0 aliphatic heterocycles. The highest BCUT2D eigenvalue weighted by atomic mass is 79.9. The normalized spacial score (nSPS) is 12.3. The summed E-state index contributed by atoms with van der Waals surface area (Å²) in [4.78, 5) is 4.50. The third kappa shape index (κ3) is 3.36. The smallest absolute Gasteiger partial charge is 0.126 e. The minimum atomic E-state index is -1.36. The molecule has 2 rings (SSSR count). The summed E-state index contributed by atoms with van der Waals surface area (Å²) in [5.41, 5.74) is 6.46. The van der Waals surface area contributed by atoms with E-state index in [4.69, 9.17) is 5.73 Å². The Kier molecular flexibility index (Phi) is 4.08. The van der Waals surface area contributed by atoms with Gasteiger partial charge in [-0.2, -0.15) is 0 Å². The fraction of sp³-hybridized carbons (Fsp3) is 0.0833. The lowest BCUT2D eigenvalue weighted by Gasteiger charge is -2.04. The number of benzene rings is 1. The number of pyridine rings is 1. The molecule has 1 unspecified atom stereocenters. The van der Waals surface area contributed by atoms with Crippen LogP contribution in [0.1, 0.15) is 5.69 Å². The molecule has 2 aromatic rings. The Morgan fingerprint density at radius 3 is 2.72 bits per heavy atom. The van der Waals surface area contributed by atoms with Crippen LogP contribution in [0, 0.1) is 5.82 Å². The molecule has 0 radical (unpaired) electrons. The number of nitrogen functional groups attached to an aromatic ring is 1. The van der Waals surface area contributed by atoms with E-state index >= 15 is 0 Å². The van der Waals surface area contributed by atoms with Crippen molar-refractivity contribution in [3.63, 3.8) is 0 Å². The maximum absolute atomic E-state index is 13.1. The molecule has 1 aromatic heterocycles. The highest BCUT2D eigenvalue weighted by Gasteiger charge is 2.08. The molecule has 0 fully saturated rings. The van der Waals surface area contributed by atoms with Gasteiger partial charge >= 0.3 is 0 Å². The van der Waals surface area contributed by atoms with Crippen LogP contribution in [0.5, 0.6) is 0 Å². The van der Waals surface area contributed by atoms with Crippen molar-refractivity contribution < 1.29 is 8.60 Å². The van der Waals surface area contributed by atoms with Crippen LogP contribution in [0.3, 0.4) is 0 Å². The number of halogens is 2. The molecule has 0 bridgehead atoms. The summed E-state index contributed by atoms with van der Waals surface area (Å²) in [5, 5.41) is 0. The van der Waals surface area contributed by atoms with Crippen LogP contribution in [0.25, 0.3) is 0 Å². The van der Waals surface area contributed by atoms with Crippen molar-refractivity contribution in [2.45, 2.75) is 10.6 Å². The fourth-order valence-corrected chi connectivity index (χ4v) is 2.78. The molecular weight excluding hydrogens is 319 g/mol. The summed E-state index contributed by atoms with van der Waals surface area (Å²) >= 11 is 3.27. The van der Waals surface area contributed by atoms with E-state index in [0.717, 1.165) is 4.47 Å². The molecular formula is C12H10BrFN2OS. The Balaban J connectivity index is 2.19. The molecule has 0 spiro atoms. The van der Waals surface area contributed by atoms with Gasteiger partial charge in [0.05, 0.1) is 22.2 Å². The van der Waals surface area contributed by atoms with E-state index in [1.54, 1.807) is 12.3 Å². The Hall–Kier alpha value is -1.27. The number of nitrogens with two attached hydrogens (primary N) is 1. The predicted molar refractivity (Wildman–Crippen MR) is 72.9 cm³/mol. The van der Waals surface area contributed by atoms with Crippen molar-refractivity contribution in [2.24, 2.45) is 0 Å².